The smallest absolute Gasteiger partial charge is 0.235 e. The molecule has 120 valence electrons. The molecule has 1 heterocycles. The maximum Gasteiger partial charge on any atom is 0.235 e. The summed E-state index contributed by atoms with van der Waals surface area (Å²) in [6, 6.07) is 17.5. The second-order valence-corrected chi connectivity index (χ2v) is 6.06. The van der Waals surface area contributed by atoms with Gasteiger partial charge in [0.2, 0.25) is 5.91 Å². The van der Waals surface area contributed by atoms with E-state index in [1.807, 2.05) is 54.6 Å². The van der Waals surface area contributed by atoms with Gasteiger partial charge in [-0.25, -0.2) is 4.68 Å². The predicted octanol–water partition coefficient (Wildman–Crippen LogP) is 2.72. The monoisotopic (exact) mass is 319 g/mol. The average Bonchev–Trinajstić information content (AvgIpc) is 3.10. The molecule has 0 aliphatic heterocycles. The van der Waals surface area contributed by atoms with E-state index in [9.17, 15) is 4.79 Å². The summed E-state index contributed by atoms with van der Waals surface area (Å²) in [7, 11) is 0. The van der Waals surface area contributed by atoms with Crippen LogP contribution in [-0.2, 0) is 10.2 Å². The highest BCUT2D eigenvalue weighted by molar-refractivity contribution is 6.00. The number of aromatic nitrogens is 4. The van der Waals surface area contributed by atoms with Crippen LogP contribution >= 0.6 is 0 Å². The lowest BCUT2D eigenvalue weighted by molar-refractivity contribution is -0.124. The Labute approximate surface area is 139 Å². The van der Waals surface area contributed by atoms with E-state index in [4.69, 9.17) is 0 Å². The lowest BCUT2D eigenvalue weighted by atomic mass is 9.64. The third kappa shape index (κ3) is 2.46. The highest BCUT2D eigenvalue weighted by Gasteiger charge is 2.45. The number of hydrogen-bond donors (Lipinski definition) is 1. The quantitative estimate of drug-likeness (QED) is 0.802. The van der Waals surface area contributed by atoms with Crippen molar-refractivity contribution in [3.63, 3.8) is 0 Å². The largest absolute Gasteiger partial charge is 0.325 e. The third-order valence-corrected chi connectivity index (χ3v) is 4.69. The van der Waals surface area contributed by atoms with Crippen LogP contribution in [0.5, 0.6) is 0 Å². The first-order chi connectivity index (χ1) is 11.8. The molecule has 0 bridgehead atoms. The minimum Gasteiger partial charge on any atom is -0.325 e. The summed E-state index contributed by atoms with van der Waals surface area (Å²) in [6.07, 6.45) is 4.37. The summed E-state index contributed by atoms with van der Waals surface area (Å²) in [5.41, 5.74) is 2.23. The lowest BCUT2D eigenvalue weighted by Crippen LogP contribution is -2.45. The number of rotatable bonds is 4. The number of tetrazole rings is 1. The second kappa shape index (κ2) is 5.88. The zero-order valence-corrected chi connectivity index (χ0v) is 13.1. The fourth-order valence-electron chi connectivity index (χ4n) is 3.19. The van der Waals surface area contributed by atoms with E-state index in [2.05, 4.69) is 20.8 Å². The first-order valence-corrected chi connectivity index (χ1v) is 7.98. The Bertz CT molecular complexity index is 841. The molecule has 1 aromatic heterocycles. The van der Waals surface area contributed by atoms with Gasteiger partial charge in [-0.2, -0.15) is 0 Å². The standard InChI is InChI=1S/C18H17N5O/c24-17(18(10-5-11-18)14-6-2-1-3-7-14)20-15-8-4-9-16(12-15)23-13-19-21-22-23/h1-4,6-9,12-13H,5,10-11H2,(H,20,24). The van der Waals surface area contributed by atoms with Crippen molar-refractivity contribution >= 4 is 11.6 Å². The molecule has 0 spiro atoms. The SMILES string of the molecule is O=C(Nc1cccc(-n2cnnn2)c1)C1(c2ccccc2)CCC1. The highest BCUT2D eigenvalue weighted by Crippen LogP contribution is 2.44. The van der Waals surface area contributed by atoms with Gasteiger partial charge in [0.25, 0.3) is 0 Å². The molecule has 3 aromatic rings. The summed E-state index contributed by atoms with van der Waals surface area (Å²) in [5, 5.41) is 14.2. The molecule has 1 amide bonds. The molecule has 6 heteroatoms. The number of hydrogen-bond acceptors (Lipinski definition) is 4. The van der Waals surface area contributed by atoms with E-state index in [0.29, 0.717) is 0 Å². The Morgan fingerprint density at radius 2 is 1.92 bits per heavy atom. The van der Waals surface area contributed by atoms with E-state index >= 15 is 0 Å². The molecule has 0 unspecified atom stereocenters. The van der Waals surface area contributed by atoms with Crippen molar-refractivity contribution in [1.82, 2.24) is 20.2 Å². The van der Waals surface area contributed by atoms with Crippen molar-refractivity contribution in [1.29, 1.82) is 0 Å². The Morgan fingerprint density at radius 3 is 2.58 bits per heavy atom. The number of nitrogens with zero attached hydrogens (tertiary/aromatic N) is 4. The zero-order chi connectivity index (χ0) is 16.4. The number of nitrogens with one attached hydrogen (secondary N) is 1. The van der Waals surface area contributed by atoms with Crippen molar-refractivity contribution in [2.45, 2.75) is 24.7 Å². The average molecular weight is 319 g/mol. The Balaban J connectivity index is 1.59. The van der Waals surface area contributed by atoms with Crippen LogP contribution in [0, 0.1) is 0 Å². The molecule has 2 aromatic carbocycles. The maximum atomic E-state index is 13.0. The van der Waals surface area contributed by atoms with Gasteiger partial charge in [-0.3, -0.25) is 4.79 Å². The molecular weight excluding hydrogens is 302 g/mol. The fourth-order valence-corrected chi connectivity index (χ4v) is 3.19. The molecule has 0 saturated heterocycles. The van der Waals surface area contributed by atoms with Crippen LogP contribution in [0.3, 0.4) is 0 Å². The number of anilines is 1. The van der Waals surface area contributed by atoms with Crippen LogP contribution in [-0.4, -0.2) is 26.1 Å². The molecule has 1 aliphatic rings. The summed E-state index contributed by atoms with van der Waals surface area (Å²) >= 11 is 0. The van der Waals surface area contributed by atoms with Crippen LogP contribution in [0.25, 0.3) is 5.69 Å². The summed E-state index contributed by atoms with van der Waals surface area (Å²) < 4.78 is 1.56. The third-order valence-electron chi connectivity index (χ3n) is 4.69. The van der Waals surface area contributed by atoms with E-state index < -0.39 is 5.41 Å². The first kappa shape index (κ1) is 14.6. The van der Waals surface area contributed by atoms with E-state index in [1.54, 1.807) is 4.68 Å². The normalized spacial score (nSPS) is 15.5. The van der Waals surface area contributed by atoms with E-state index in [1.165, 1.54) is 6.33 Å². The Kier molecular flexibility index (Phi) is 3.57. The number of amides is 1. The van der Waals surface area contributed by atoms with E-state index in [-0.39, 0.29) is 5.91 Å². The van der Waals surface area contributed by atoms with Gasteiger partial charge >= 0.3 is 0 Å². The number of carbonyl (C=O) groups is 1. The van der Waals surface area contributed by atoms with Crippen molar-refractivity contribution in [2.24, 2.45) is 0 Å². The Hall–Kier alpha value is -3.02. The second-order valence-electron chi connectivity index (χ2n) is 6.06. The van der Waals surface area contributed by atoms with Crippen LogP contribution in [0.4, 0.5) is 5.69 Å². The lowest BCUT2D eigenvalue weighted by Gasteiger charge is -2.40. The van der Waals surface area contributed by atoms with Crippen molar-refractivity contribution < 1.29 is 4.79 Å². The molecule has 0 atom stereocenters. The van der Waals surface area contributed by atoms with Gasteiger partial charge < -0.3 is 5.32 Å². The molecule has 1 aliphatic carbocycles. The summed E-state index contributed by atoms with van der Waals surface area (Å²) in [6.45, 7) is 0. The van der Waals surface area contributed by atoms with E-state index in [0.717, 1.165) is 36.2 Å². The maximum absolute atomic E-state index is 13.0. The fraction of sp³-hybridized carbons (Fsp3) is 0.222. The van der Waals surface area contributed by atoms with Gasteiger partial charge in [-0.1, -0.05) is 42.8 Å². The highest BCUT2D eigenvalue weighted by atomic mass is 16.2. The predicted molar refractivity (Wildman–Crippen MR) is 89.8 cm³/mol. The first-order valence-electron chi connectivity index (χ1n) is 7.98. The molecule has 4 rings (SSSR count). The Morgan fingerprint density at radius 1 is 1.08 bits per heavy atom. The van der Waals surface area contributed by atoms with Gasteiger partial charge in [0.05, 0.1) is 11.1 Å². The van der Waals surface area contributed by atoms with Crippen molar-refractivity contribution in [2.75, 3.05) is 5.32 Å². The number of benzene rings is 2. The molecule has 24 heavy (non-hydrogen) atoms. The molecular formula is C18H17N5O. The minimum atomic E-state index is -0.411. The number of carbonyl (C=O) groups excluding carboxylic acids is 1. The molecule has 6 nitrogen and oxygen atoms in total. The minimum absolute atomic E-state index is 0.0498. The van der Waals surface area contributed by atoms with Gasteiger partial charge in [0.1, 0.15) is 6.33 Å². The van der Waals surface area contributed by atoms with Gasteiger partial charge in [-0.15, -0.1) is 5.10 Å². The molecule has 0 radical (unpaired) electrons. The molecule has 1 N–H and O–H groups in total. The summed E-state index contributed by atoms with van der Waals surface area (Å²) in [5.74, 6) is 0.0498. The van der Waals surface area contributed by atoms with Crippen molar-refractivity contribution in [3.8, 4) is 5.69 Å². The van der Waals surface area contributed by atoms with Gasteiger partial charge in [-0.05, 0) is 47.0 Å². The van der Waals surface area contributed by atoms with Gasteiger partial charge in [0.15, 0.2) is 0 Å². The topological polar surface area (TPSA) is 72.7 Å². The van der Waals surface area contributed by atoms with Gasteiger partial charge in [0, 0.05) is 5.69 Å². The van der Waals surface area contributed by atoms with Crippen LogP contribution in [0.15, 0.2) is 60.9 Å². The molecule has 1 fully saturated rings. The summed E-state index contributed by atoms with van der Waals surface area (Å²) in [4.78, 5) is 13.0. The van der Waals surface area contributed by atoms with Crippen LogP contribution < -0.4 is 5.32 Å². The van der Waals surface area contributed by atoms with Crippen LogP contribution in [0.2, 0.25) is 0 Å². The zero-order valence-electron chi connectivity index (χ0n) is 13.1. The van der Waals surface area contributed by atoms with Crippen molar-refractivity contribution in [3.05, 3.63) is 66.5 Å². The van der Waals surface area contributed by atoms with Crippen LogP contribution in [0.1, 0.15) is 24.8 Å². The molecule has 1 saturated carbocycles.